The molecule has 0 aliphatic carbocycles. The van der Waals surface area contributed by atoms with Crippen LogP contribution in [-0.2, 0) is 6.54 Å². The quantitative estimate of drug-likeness (QED) is 0.733. The van der Waals surface area contributed by atoms with Crippen molar-refractivity contribution in [2.24, 2.45) is 0 Å². The first-order valence-electron chi connectivity index (χ1n) is 7.94. The van der Waals surface area contributed by atoms with Crippen LogP contribution in [0.2, 0.25) is 0 Å². The molecule has 0 atom stereocenters. The van der Waals surface area contributed by atoms with Crippen molar-refractivity contribution in [3.63, 3.8) is 0 Å². The van der Waals surface area contributed by atoms with Crippen molar-refractivity contribution in [3.8, 4) is 5.69 Å². The number of carbonyl (C=O) groups is 1. The Morgan fingerprint density at radius 3 is 2.60 bits per heavy atom. The van der Waals surface area contributed by atoms with Gasteiger partial charge in [-0.3, -0.25) is 9.78 Å². The fourth-order valence-electron chi connectivity index (χ4n) is 2.71. The normalized spacial score (nSPS) is 10.7. The van der Waals surface area contributed by atoms with Crippen molar-refractivity contribution >= 4 is 5.91 Å². The summed E-state index contributed by atoms with van der Waals surface area (Å²) >= 11 is 0. The number of amides is 1. The summed E-state index contributed by atoms with van der Waals surface area (Å²) in [5.74, 6) is -0.743. The van der Waals surface area contributed by atoms with E-state index in [4.69, 9.17) is 0 Å². The molecule has 3 aromatic rings. The van der Waals surface area contributed by atoms with E-state index in [1.54, 1.807) is 25.4 Å². The van der Waals surface area contributed by atoms with E-state index in [0.29, 0.717) is 17.8 Å². The summed E-state index contributed by atoms with van der Waals surface area (Å²) in [4.78, 5) is 18.2. The number of halogens is 1. The number of hydrogen-bond donors (Lipinski definition) is 0. The average Bonchev–Trinajstić information content (AvgIpc) is 2.93. The van der Waals surface area contributed by atoms with Gasteiger partial charge in [-0.1, -0.05) is 6.07 Å². The van der Waals surface area contributed by atoms with Crippen LogP contribution in [0.25, 0.3) is 5.69 Å². The average molecular weight is 338 g/mol. The van der Waals surface area contributed by atoms with Gasteiger partial charge < -0.3 is 4.90 Å². The minimum Gasteiger partial charge on any atom is -0.336 e. The third kappa shape index (κ3) is 3.57. The molecule has 0 bridgehead atoms. The predicted octanol–water partition coefficient (Wildman–Crippen LogP) is 3.30. The van der Waals surface area contributed by atoms with Gasteiger partial charge in [-0.2, -0.15) is 5.10 Å². The van der Waals surface area contributed by atoms with E-state index in [1.807, 2.05) is 38.1 Å². The lowest BCUT2D eigenvalue weighted by molar-refractivity contribution is 0.0783. The van der Waals surface area contributed by atoms with E-state index >= 15 is 0 Å². The Hall–Kier alpha value is -3.02. The molecule has 6 heteroatoms. The zero-order chi connectivity index (χ0) is 18.0. The third-order valence-corrected chi connectivity index (χ3v) is 3.90. The molecule has 0 unspecified atom stereocenters. The SMILES string of the molecule is Cc1cc(C)n(-c2ccc(C(=O)N(C)Cc3ccccn3)cc2F)n1. The molecule has 25 heavy (non-hydrogen) atoms. The highest BCUT2D eigenvalue weighted by Crippen LogP contribution is 2.18. The van der Waals surface area contributed by atoms with Gasteiger partial charge in [-0.05, 0) is 50.2 Å². The first-order chi connectivity index (χ1) is 12.0. The van der Waals surface area contributed by atoms with Crippen LogP contribution in [0, 0.1) is 19.7 Å². The highest BCUT2D eigenvalue weighted by molar-refractivity contribution is 5.94. The maximum Gasteiger partial charge on any atom is 0.254 e. The van der Waals surface area contributed by atoms with Crippen molar-refractivity contribution in [2.75, 3.05) is 7.05 Å². The molecule has 1 amide bonds. The van der Waals surface area contributed by atoms with Crippen LogP contribution in [0.5, 0.6) is 0 Å². The van der Waals surface area contributed by atoms with Gasteiger partial charge in [-0.25, -0.2) is 9.07 Å². The molecule has 2 aromatic heterocycles. The lowest BCUT2D eigenvalue weighted by Gasteiger charge is -2.17. The molecule has 0 aliphatic heterocycles. The summed E-state index contributed by atoms with van der Waals surface area (Å²) in [6.07, 6.45) is 1.68. The maximum atomic E-state index is 14.5. The molecule has 0 N–H and O–H groups in total. The van der Waals surface area contributed by atoms with Crippen LogP contribution < -0.4 is 0 Å². The molecule has 2 heterocycles. The van der Waals surface area contributed by atoms with Crippen LogP contribution in [-0.4, -0.2) is 32.6 Å². The summed E-state index contributed by atoms with van der Waals surface area (Å²) < 4.78 is 16.1. The van der Waals surface area contributed by atoms with Crippen LogP contribution >= 0.6 is 0 Å². The van der Waals surface area contributed by atoms with Crippen molar-refractivity contribution in [2.45, 2.75) is 20.4 Å². The molecule has 0 spiro atoms. The van der Waals surface area contributed by atoms with Crippen LogP contribution in [0.3, 0.4) is 0 Å². The molecule has 3 rings (SSSR count). The van der Waals surface area contributed by atoms with Crippen molar-refractivity contribution in [1.29, 1.82) is 0 Å². The van der Waals surface area contributed by atoms with Gasteiger partial charge in [0.2, 0.25) is 0 Å². The second-order valence-electron chi connectivity index (χ2n) is 5.99. The first-order valence-corrected chi connectivity index (χ1v) is 7.94. The Kier molecular flexibility index (Phi) is 4.61. The molecular formula is C19H19FN4O. The lowest BCUT2D eigenvalue weighted by Crippen LogP contribution is -2.26. The van der Waals surface area contributed by atoms with Crippen LogP contribution in [0.4, 0.5) is 4.39 Å². The second kappa shape index (κ2) is 6.84. The molecular weight excluding hydrogens is 319 g/mol. The van der Waals surface area contributed by atoms with Gasteiger partial charge >= 0.3 is 0 Å². The predicted molar refractivity (Wildman–Crippen MR) is 93.0 cm³/mol. The summed E-state index contributed by atoms with van der Waals surface area (Å²) in [6, 6.07) is 11.9. The van der Waals surface area contributed by atoms with E-state index in [0.717, 1.165) is 17.1 Å². The van der Waals surface area contributed by atoms with E-state index in [9.17, 15) is 9.18 Å². The number of benzene rings is 1. The van der Waals surface area contributed by atoms with Crippen molar-refractivity contribution < 1.29 is 9.18 Å². The third-order valence-electron chi connectivity index (χ3n) is 3.90. The Labute approximate surface area is 145 Å². The number of hydrogen-bond acceptors (Lipinski definition) is 3. The maximum absolute atomic E-state index is 14.5. The standard InChI is InChI=1S/C19H19FN4O/c1-13-10-14(2)24(22-13)18-8-7-15(11-17(18)20)19(25)23(3)12-16-6-4-5-9-21-16/h4-11H,12H2,1-3H3. The van der Waals surface area contributed by atoms with E-state index in [1.165, 1.54) is 15.6 Å². The Bertz CT molecular complexity index is 905. The summed E-state index contributed by atoms with van der Waals surface area (Å²) in [5, 5.41) is 4.28. The number of carbonyl (C=O) groups excluding carboxylic acids is 1. The van der Waals surface area contributed by atoms with Gasteiger partial charge in [0.25, 0.3) is 5.91 Å². The Morgan fingerprint density at radius 2 is 2.00 bits per heavy atom. The van der Waals surface area contributed by atoms with Crippen molar-refractivity contribution in [3.05, 3.63) is 77.1 Å². The summed E-state index contributed by atoms with van der Waals surface area (Å²) in [6.45, 7) is 4.07. The molecule has 0 fully saturated rings. The number of rotatable bonds is 4. The van der Waals surface area contributed by atoms with Crippen LogP contribution in [0.1, 0.15) is 27.4 Å². The molecule has 0 aliphatic rings. The molecule has 128 valence electrons. The highest BCUT2D eigenvalue weighted by Gasteiger charge is 2.16. The first kappa shape index (κ1) is 16.8. The van der Waals surface area contributed by atoms with E-state index in [2.05, 4.69) is 10.1 Å². The van der Waals surface area contributed by atoms with Gasteiger partial charge in [0, 0.05) is 24.5 Å². The fourth-order valence-corrected chi connectivity index (χ4v) is 2.71. The largest absolute Gasteiger partial charge is 0.336 e. The highest BCUT2D eigenvalue weighted by atomic mass is 19.1. The minimum atomic E-state index is -0.483. The summed E-state index contributed by atoms with van der Waals surface area (Å²) in [7, 11) is 1.67. The van der Waals surface area contributed by atoms with E-state index in [-0.39, 0.29) is 5.91 Å². The molecule has 1 aromatic carbocycles. The Balaban J connectivity index is 1.82. The number of aryl methyl sites for hydroxylation is 2. The molecule has 0 saturated heterocycles. The topological polar surface area (TPSA) is 51.0 Å². The van der Waals surface area contributed by atoms with Gasteiger partial charge in [0.15, 0.2) is 0 Å². The Morgan fingerprint density at radius 1 is 1.20 bits per heavy atom. The minimum absolute atomic E-state index is 0.260. The number of pyridine rings is 1. The lowest BCUT2D eigenvalue weighted by atomic mass is 10.1. The van der Waals surface area contributed by atoms with E-state index < -0.39 is 5.82 Å². The van der Waals surface area contributed by atoms with Crippen LogP contribution in [0.15, 0.2) is 48.7 Å². The number of nitrogens with zero attached hydrogens (tertiary/aromatic N) is 4. The molecule has 0 radical (unpaired) electrons. The second-order valence-corrected chi connectivity index (χ2v) is 5.99. The number of aromatic nitrogens is 3. The van der Waals surface area contributed by atoms with Gasteiger partial charge in [-0.15, -0.1) is 0 Å². The van der Waals surface area contributed by atoms with Gasteiger partial charge in [0.05, 0.1) is 17.9 Å². The monoisotopic (exact) mass is 338 g/mol. The molecule has 5 nitrogen and oxygen atoms in total. The zero-order valence-electron chi connectivity index (χ0n) is 14.4. The summed E-state index contributed by atoms with van der Waals surface area (Å²) in [5.41, 5.74) is 3.05. The smallest absolute Gasteiger partial charge is 0.254 e. The fraction of sp³-hybridized carbons (Fsp3) is 0.211. The van der Waals surface area contributed by atoms with Gasteiger partial charge in [0.1, 0.15) is 11.5 Å². The molecule has 0 saturated carbocycles. The zero-order valence-corrected chi connectivity index (χ0v) is 14.4. The van der Waals surface area contributed by atoms with Crippen molar-refractivity contribution in [1.82, 2.24) is 19.7 Å².